The van der Waals surface area contributed by atoms with E-state index in [1.54, 1.807) is 0 Å². The Morgan fingerprint density at radius 3 is 1.55 bits per heavy atom. The first-order valence-corrected chi connectivity index (χ1v) is 9.97. The van der Waals surface area contributed by atoms with Crippen LogP contribution in [0.25, 0.3) is 0 Å². The molecular formula is C17H24I2O. The van der Waals surface area contributed by atoms with E-state index in [0.29, 0.717) is 11.8 Å². The molecule has 0 aromatic carbocycles. The number of rotatable bonds is 6. The minimum Gasteiger partial charge on any atom is -0.290 e. The van der Waals surface area contributed by atoms with Crippen LogP contribution in [0.1, 0.15) is 52.4 Å². The van der Waals surface area contributed by atoms with E-state index in [4.69, 9.17) is 0 Å². The fourth-order valence-electron chi connectivity index (χ4n) is 3.14. The molecule has 0 radical (unpaired) electrons. The summed E-state index contributed by atoms with van der Waals surface area (Å²) in [5, 5.41) is 0. The van der Waals surface area contributed by atoms with E-state index < -0.39 is 0 Å². The molecule has 0 N–H and O–H groups in total. The van der Waals surface area contributed by atoms with Gasteiger partial charge in [0, 0.05) is 0 Å². The van der Waals surface area contributed by atoms with Gasteiger partial charge in [0.05, 0.1) is 0 Å². The molecule has 0 saturated heterocycles. The highest BCUT2D eigenvalue weighted by Crippen LogP contribution is 2.44. The maximum absolute atomic E-state index is 12.1. The molecule has 2 rings (SSSR count). The van der Waals surface area contributed by atoms with Crippen LogP contribution in [0.4, 0.5) is 0 Å². The van der Waals surface area contributed by atoms with Crippen LogP contribution in [0.15, 0.2) is 19.3 Å². The number of carbonyl (C=O) groups excluding carboxylic acids is 1. The van der Waals surface area contributed by atoms with Crippen molar-refractivity contribution in [3.8, 4) is 0 Å². The summed E-state index contributed by atoms with van der Waals surface area (Å²) in [6.07, 6.45) is 11.4. The molecule has 20 heavy (non-hydrogen) atoms. The zero-order chi connectivity index (χ0) is 14.7. The van der Waals surface area contributed by atoms with E-state index in [-0.39, 0.29) is 5.78 Å². The van der Waals surface area contributed by atoms with Gasteiger partial charge in [-0.1, -0.05) is 26.7 Å². The van der Waals surface area contributed by atoms with Crippen molar-refractivity contribution in [1.29, 1.82) is 0 Å². The molecular weight excluding hydrogens is 474 g/mol. The molecule has 2 aliphatic rings. The Labute approximate surface area is 150 Å². The van der Waals surface area contributed by atoms with E-state index in [9.17, 15) is 4.79 Å². The quantitative estimate of drug-likeness (QED) is 0.321. The van der Waals surface area contributed by atoms with Gasteiger partial charge >= 0.3 is 0 Å². The Morgan fingerprint density at radius 2 is 1.25 bits per heavy atom. The zero-order valence-corrected chi connectivity index (χ0v) is 16.7. The van der Waals surface area contributed by atoms with Gasteiger partial charge in [0.25, 0.3) is 0 Å². The van der Waals surface area contributed by atoms with Crippen LogP contribution in [-0.4, -0.2) is 5.78 Å². The van der Waals surface area contributed by atoms with Gasteiger partial charge in [-0.05, 0) is 114 Å². The van der Waals surface area contributed by atoms with Gasteiger partial charge in [-0.15, -0.1) is 0 Å². The van der Waals surface area contributed by atoms with Gasteiger partial charge < -0.3 is 0 Å². The average Bonchev–Trinajstić information content (AvgIpc) is 2.25. The summed E-state index contributed by atoms with van der Waals surface area (Å²) in [5.74, 6) is 3.29. The second-order valence-electron chi connectivity index (χ2n) is 6.35. The summed E-state index contributed by atoms with van der Waals surface area (Å²) < 4.78 is 2.52. The number of hydrogen-bond donors (Lipinski definition) is 0. The molecule has 0 aromatic heterocycles. The first kappa shape index (κ1) is 17.0. The number of hydrogen-bond acceptors (Lipinski definition) is 1. The molecule has 0 atom stereocenters. The van der Waals surface area contributed by atoms with Gasteiger partial charge in [0.15, 0.2) is 5.78 Å². The molecule has 2 saturated carbocycles. The summed E-state index contributed by atoms with van der Waals surface area (Å²) in [4.78, 5) is 12.1. The molecule has 2 fully saturated rings. The number of ketones is 1. The van der Waals surface area contributed by atoms with Crippen LogP contribution in [0.5, 0.6) is 0 Å². The van der Waals surface area contributed by atoms with Crippen molar-refractivity contribution in [3.63, 3.8) is 0 Å². The summed E-state index contributed by atoms with van der Waals surface area (Å²) in [6, 6.07) is 0. The van der Waals surface area contributed by atoms with Crippen molar-refractivity contribution in [1.82, 2.24) is 0 Å². The molecule has 0 amide bonds. The molecule has 0 bridgehead atoms. The number of carbonyl (C=O) groups is 1. The monoisotopic (exact) mass is 498 g/mol. The summed E-state index contributed by atoms with van der Waals surface area (Å²) in [7, 11) is 0. The molecule has 0 spiro atoms. The third kappa shape index (κ3) is 4.31. The lowest BCUT2D eigenvalue weighted by atomic mass is 9.73. The van der Waals surface area contributed by atoms with Crippen LogP contribution in [0.3, 0.4) is 0 Å². The predicted octanol–water partition coefficient (Wildman–Crippen LogP) is 6.07. The summed E-state index contributed by atoms with van der Waals surface area (Å²) >= 11 is 4.73. The van der Waals surface area contributed by atoms with Crippen LogP contribution < -0.4 is 0 Å². The second kappa shape index (κ2) is 7.75. The van der Waals surface area contributed by atoms with Crippen molar-refractivity contribution in [2.75, 3.05) is 0 Å². The molecule has 112 valence electrons. The second-order valence-corrected chi connectivity index (χ2v) is 8.84. The highest BCUT2D eigenvalue weighted by atomic mass is 127. The van der Waals surface area contributed by atoms with Crippen molar-refractivity contribution >= 4 is 51.0 Å². The van der Waals surface area contributed by atoms with Gasteiger partial charge in [-0.2, -0.15) is 0 Å². The predicted molar refractivity (Wildman–Crippen MR) is 102 cm³/mol. The van der Waals surface area contributed by atoms with Crippen molar-refractivity contribution in [2.45, 2.75) is 52.4 Å². The third-order valence-corrected chi connectivity index (χ3v) is 7.35. The van der Waals surface area contributed by atoms with Gasteiger partial charge in [0.2, 0.25) is 0 Å². The zero-order valence-electron chi connectivity index (χ0n) is 12.4. The Bertz CT molecular complexity index is 375. The molecule has 0 aromatic rings. The van der Waals surface area contributed by atoms with Crippen molar-refractivity contribution < 1.29 is 4.79 Å². The lowest BCUT2D eigenvalue weighted by Crippen LogP contribution is -2.24. The van der Waals surface area contributed by atoms with E-state index >= 15 is 0 Å². The summed E-state index contributed by atoms with van der Waals surface area (Å²) in [5.41, 5.74) is 0. The van der Waals surface area contributed by atoms with E-state index in [1.807, 2.05) is 12.2 Å². The van der Waals surface area contributed by atoms with Crippen LogP contribution in [-0.2, 0) is 4.79 Å². The van der Waals surface area contributed by atoms with Gasteiger partial charge in [-0.3, -0.25) is 4.79 Å². The molecule has 0 unspecified atom stereocenters. The lowest BCUT2D eigenvalue weighted by Gasteiger charge is -2.35. The van der Waals surface area contributed by atoms with Crippen LogP contribution >= 0.6 is 45.2 Å². The van der Waals surface area contributed by atoms with Gasteiger partial charge in [-0.25, -0.2) is 0 Å². The van der Waals surface area contributed by atoms with E-state index in [0.717, 1.165) is 11.8 Å². The maximum Gasteiger partial charge on any atom is 0.180 e. The summed E-state index contributed by atoms with van der Waals surface area (Å²) in [6.45, 7) is 4.52. The first-order chi connectivity index (χ1) is 9.53. The van der Waals surface area contributed by atoms with Gasteiger partial charge in [0.1, 0.15) is 0 Å². The third-order valence-electron chi connectivity index (χ3n) is 4.97. The molecule has 3 heteroatoms. The highest BCUT2D eigenvalue weighted by molar-refractivity contribution is 14.1. The Balaban J connectivity index is 1.82. The standard InChI is InChI=1S/C17H24I2O/c1-3-11-5-13(6-11)16(18)9-15(20)10-17(19)14-7-12(4-2)8-14/h9-14H,3-8H2,1-2H3. The number of halogens is 2. The minimum absolute atomic E-state index is 0.193. The molecule has 0 aliphatic heterocycles. The molecule has 1 nitrogen and oxygen atoms in total. The van der Waals surface area contributed by atoms with E-state index in [1.165, 1.54) is 45.7 Å². The van der Waals surface area contributed by atoms with Crippen molar-refractivity contribution in [3.05, 3.63) is 19.3 Å². The normalized spacial score (nSPS) is 34.4. The fraction of sp³-hybridized carbons (Fsp3) is 0.706. The molecule has 2 aliphatic carbocycles. The van der Waals surface area contributed by atoms with Crippen molar-refractivity contribution in [2.24, 2.45) is 23.7 Å². The largest absolute Gasteiger partial charge is 0.290 e. The Hall–Kier alpha value is 0.610. The maximum atomic E-state index is 12.1. The number of allylic oxidation sites excluding steroid dienone is 4. The lowest BCUT2D eigenvalue weighted by molar-refractivity contribution is -0.110. The SMILES string of the molecule is CCC1CC(C(I)=CC(=O)C=C(I)C2CC(CC)C2)C1. The molecule has 0 heterocycles. The minimum atomic E-state index is 0.193. The fourth-order valence-corrected chi connectivity index (χ4v) is 4.77. The topological polar surface area (TPSA) is 17.1 Å². The first-order valence-electron chi connectivity index (χ1n) is 7.81. The van der Waals surface area contributed by atoms with Crippen LogP contribution in [0.2, 0.25) is 0 Å². The highest BCUT2D eigenvalue weighted by Gasteiger charge is 2.31. The Morgan fingerprint density at radius 1 is 0.900 bits per heavy atom. The Kier molecular flexibility index (Phi) is 6.57. The van der Waals surface area contributed by atoms with Crippen LogP contribution in [0, 0.1) is 23.7 Å². The van der Waals surface area contributed by atoms with E-state index in [2.05, 4.69) is 59.0 Å². The average molecular weight is 498 g/mol. The smallest absolute Gasteiger partial charge is 0.180 e.